The van der Waals surface area contributed by atoms with Crippen LogP contribution in [0.2, 0.25) is 0 Å². The molecule has 1 aromatic heterocycles. The van der Waals surface area contributed by atoms with E-state index in [-0.39, 0.29) is 23.7 Å². The molecule has 9 nitrogen and oxygen atoms in total. The average Bonchev–Trinajstić information content (AvgIpc) is 2.66. The van der Waals surface area contributed by atoms with E-state index in [0.29, 0.717) is 22.3 Å². The Balaban J connectivity index is 1.94. The van der Waals surface area contributed by atoms with Gasteiger partial charge in [-0.1, -0.05) is 6.92 Å². The van der Waals surface area contributed by atoms with Crippen molar-refractivity contribution in [3.8, 4) is 5.75 Å². The molecule has 3 rings (SSSR count). The quantitative estimate of drug-likeness (QED) is 0.685. The molecule has 0 saturated carbocycles. The summed E-state index contributed by atoms with van der Waals surface area (Å²) in [5, 5.41) is 11.4. The van der Waals surface area contributed by atoms with Crippen LogP contribution in [0, 0.1) is 12.8 Å². The Morgan fingerprint density at radius 1 is 1.29 bits per heavy atom. The van der Waals surface area contributed by atoms with E-state index >= 15 is 0 Å². The molecule has 9 heteroatoms. The first kappa shape index (κ1) is 22.8. The van der Waals surface area contributed by atoms with Crippen LogP contribution in [0.3, 0.4) is 0 Å². The maximum absolute atomic E-state index is 12.3. The first-order valence-corrected chi connectivity index (χ1v) is 9.95. The number of Topliss-reactive ketones (excluding diaryl/α,β-unsaturated/α-hetero) is 1. The first-order valence-electron chi connectivity index (χ1n) is 9.95. The second-order valence-electron chi connectivity index (χ2n) is 8.43. The first-order chi connectivity index (χ1) is 14.4. The van der Waals surface area contributed by atoms with Crippen molar-refractivity contribution in [3.05, 3.63) is 39.7 Å². The van der Waals surface area contributed by atoms with Crippen LogP contribution in [0.15, 0.2) is 27.4 Å². The van der Waals surface area contributed by atoms with Gasteiger partial charge in [0.1, 0.15) is 23.2 Å². The lowest BCUT2D eigenvalue weighted by atomic mass is 9.82. The molecule has 4 atom stereocenters. The molecule has 1 amide bonds. The third-order valence-electron chi connectivity index (χ3n) is 5.73. The molecule has 31 heavy (non-hydrogen) atoms. The van der Waals surface area contributed by atoms with Gasteiger partial charge < -0.3 is 29.5 Å². The number of ketones is 1. The Kier molecular flexibility index (Phi) is 6.11. The normalized spacial score (nSPS) is 25.2. The average molecular weight is 433 g/mol. The molecule has 1 aromatic carbocycles. The maximum Gasteiger partial charge on any atom is 0.404 e. The van der Waals surface area contributed by atoms with Crippen LogP contribution in [0.1, 0.15) is 38.8 Å². The van der Waals surface area contributed by atoms with Crippen LogP contribution in [-0.4, -0.2) is 41.1 Å². The van der Waals surface area contributed by atoms with Gasteiger partial charge in [-0.25, -0.2) is 9.59 Å². The summed E-state index contributed by atoms with van der Waals surface area (Å²) in [5.74, 6) is -0.177. The molecule has 3 N–H and O–H groups in total. The number of hydrogen-bond acceptors (Lipinski definition) is 8. The Bertz CT molecular complexity index is 1070. The summed E-state index contributed by atoms with van der Waals surface area (Å²) in [6.45, 7) is 8.46. The van der Waals surface area contributed by atoms with Crippen molar-refractivity contribution in [2.45, 2.75) is 65.1 Å². The smallest absolute Gasteiger partial charge is 0.404 e. The number of hydrogen-bond donors (Lipinski definition) is 2. The minimum Gasteiger partial charge on any atom is -0.462 e. The number of aliphatic hydroxyl groups excluding tert-OH is 1. The van der Waals surface area contributed by atoms with Crippen molar-refractivity contribution in [2.75, 3.05) is 0 Å². The molecular formula is C22H27NO8. The molecular weight excluding hydrogens is 406 g/mol. The van der Waals surface area contributed by atoms with Crippen LogP contribution in [0.4, 0.5) is 4.79 Å². The largest absolute Gasteiger partial charge is 0.462 e. The molecule has 1 fully saturated rings. The van der Waals surface area contributed by atoms with Gasteiger partial charge in [-0.2, -0.15) is 0 Å². The predicted molar refractivity (Wildman–Crippen MR) is 111 cm³/mol. The number of aliphatic hydroxyl groups is 1. The van der Waals surface area contributed by atoms with E-state index in [1.54, 1.807) is 45.9 Å². The van der Waals surface area contributed by atoms with Gasteiger partial charge in [-0.05, 0) is 45.9 Å². The van der Waals surface area contributed by atoms with Gasteiger partial charge in [0.05, 0.1) is 5.60 Å². The van der Waals surface area contributed by atoms with Crippen LogP contribution >= 0.6 is 0 Å². The number of primary amides is 1. The fourth-order valence-electron chi connectivity index (χ4n) is 3.72. The van der Waals surface area contributed by atoms with Crippen molar-refractivity contribution in [1.82, 2.24) is 0 Å². The molecule has 1 unspecified atom stereocenters. The number of aryl methyl sites for hydroxylation is 1. The number of rotatable bonds is 5. The van der Waals surface area contributed by atoms with E-state index in [1.165, 1.54) is 6.92 Å². The number of carbonyl (C=O) groups excluding carboxylic acids is 2. The van der Waals surface area contributed by atoms with Crippen LogP contribution in [0.25, 0.3) is 11.0 Å². The number of amides is 1. The standard InChI is InChI=1S/C22H27NO8/c1-10(24)8-14-9-13-6-7-15(11(2)17(13)29-19(14)26)28-20-16(25)18(30-21(23)27)12(3)22(4,5)31-20/h6-7,9,12,16,18,20,25H,8H2,1-5H3,(H2,23,27)/t12-,16+,18-,20?/m1/s1. The van der Waals surface area contributed by atoms with Crippen LogP contribution < -0.4 is 16.1 Å². The van der Waals surface area contributed by atoms with E-state index in [9.17, 15) is 19.5 Å². The van der Waals surface area contributed by atoms with Gasteiger partial charge >= 0.3 is 11.7 Å². The summed E-state index contributed by atoms with van der Waals surface area (Å²) < 4.78 is 22.4. The molecule has 0 bridgehead atoms. The van der Waals surface area contributed by atoms with E-state index < -0.39 is 35.8 Å². The summed E-state index contributed by atoms with van der Waals surface area (Å²) in [6.07, 6.45) is -4.39. The number of fused-ring (bicyclic) bond motifs is 1. The Morgan fingerprint density at radius 2 is 1.97 bits per heavy atom. The van der Waals surface area contributed by atoms with Crippen molar-refractivity contribution < 1.29 is 33.3 Å². The highest BCUT2D eigenvalue weighted by molar-refractivity contribution is 5.84. The van der Waals surface area contributed by atoms with Crippen LogP contribution in [0.5, 0.6) is 5.75 Å². The Morgan fingerprint density at radius 3 is 2.58 bits per heavy atom. The lowest BCUT2D eigenvalue weighted by molar-refractivity contribution is -0.283. The zero-order chi connectivity index (χ0) is 23.1. The van der Waals surface area contributed by atoms with Crippen LogP contribution in [-0.2, 0) is 20.7 Å². The van der Waals surface area contributed by atoms with Gasteiger partial charge in [0.2, 0.25) is 6.29 Å². The second kappa shape index (κ2) is 8.32. The third kappa shape index (κ3) is 4.57. The number of benzene rings is 1. The molecule has 1 aliphatic rings. The number of carbonyl (C=O) groups is 2. The maximum atomic E-state index is 12.3. The third-order valence-corrected chi connectivity index (χ3v) is 5.73. The highest BCUT2D eigenvalue weighted by Gasteiger charge is 2.50. The molecule has 0 aliphatic carbocycles. The summed E-state index contributed by atoms with van der Waals surface area (Å²) in [4.78, 5) is 34.9. The van der Waals surface area contributed by atoms with Crippen molar-refractivity contribution >= 4 is 22.8 Å². The molecule has 1 aliphatic heterocycles. The van der Waals surface area contributed by atoms with Crippen molar-refractivity contribution in [2.24, 2.45) is 11.7 Å². The summed E-state index contributed by atoms with van der Waals surface area (Å²) in [5.41, 5.74) is 4.88. The fourth-order valence-corrected chi connectivity index (χ4v) is 3.72. The van der Waals surface area contributed by atoms with Crippen molar-refractivity contribution in [1.29, 1.82) is 0 Å². The van der Waals surface area contributed by atoms with E-state index in [4.69, 9.17) is 24.4 Å². The van der Waals surface area contributed by atoms with E-state index in [0.717, 1.165) is 0 Å². The molecule has 0 spiro atoms. The molecule has 1 saturated heterocycles. The number of nitrogens with two attached hydrogens (primary N) is 1. The summed E-state index contributed by atoms with van der Waals surface area (Å²) in [6, 6.07) is 4.96. The van der Waals surface area contributed by atoms with Gasteiger partial charge in [0.25, 0.3) is 0 Å². The predicted octanol–water partition coefficient (Wildman–Crippen LogP) is 2.21. The van der Waals surface area contributed by atoms with Gasteiger partial charge in [-0.3, -0.25) is 4.79 Å². The highest BCUT2D eigenvalue weighted by atomic mass is 16.7. The van der Waals surface area contributed by atoms with E-state index in [1.807, 2.05) is 0 Å². The molecule has 168 valence electrons. The van der Waals surface area contributed by atoms with Gasteiger partial charge in [0.15, 0.2) is 6.10 Å². The Hall–Kier alpha value is -2.91. The Labute approximate surface area is 179 Å². The SMILES string of the molecule is CC(=O)Cc1cc2ccc(OC3OC(C)(C)[C@H](C)[C@@H](OC(N)=O)[C@@H]3O)c(C)c2oc1=O. The molecule has 2 aromatic rings. The molecule has 0 radical (unpaired) electrons. The highest BCUT2D eigenvalue weighted by Crippen LogP contribution is 2.38. The molecule has 2 heterocycles. The lowest BCUT2D eigenvalue weighted by Crippen LogP contribution is -2.61. The van der Waals surface area contributed by atoms with Gasteiger partial charge in [-0.15, -0.1) is 0 Å². The topological polar surface area (TPSA) is 138 Å². The van der Waals surface area contributed by atoms with Crippen molar-refractivity contribution in [3.63, 3.8) is 0 Å². The van der Waals surface area contributed by atoms with E-state index in [2.05, 4.69) is 0 Å². The zero-order valence-electron chi connectivity index (χ0n) is 18.1. The minimum atomic E-state index is -1.30. The monoisotopic (exact) mass is 433 g/mol. The minimum absolute atomic E-state index is 0.00774. The fraction of sp³-hybridized carbons (Fsp3) is 0.500. The number of ether oxygens (including phenoxy) is 3. The summed E-state index contributed by atoms with van der Waals surface area (Å²) in [7, 11) is 0. The van der Waals surface area contributed by atoms with Gasteiger partial charge in [0, 0.05) is 28.9 Å². The second-order valence-corrected chi connectivity index (χ2v) is 8.43. The summed E-state index contributed by atoms with van der Waals surface area (Å²) >= 11 is 0. The lowest BCUT2D eigenvalue weighted by Gasteiger charge is -2.47. The zero-order valence-corrected chi connectivity index (χ0v) is 18.1.